The quantitative estimate of drug-likeness (QED) is 0.921. The third kappa shape index (κ3) is 2.86. The van der Waals surface area contributed by atoms with Crippen LogP contribution in [-0.2, 0) is 0 Å². The minimum atomic E-state index is 0.139. The van der Waals surface area contributed by atoms with E-state index in [9.17, 15) is 0 Å². The summed E-state index contributed by atoms with van der Waals surface area (Å²) in [7, 11) is 2.08. The number of aryl methyl sites for hydroxylation is 1. The summed E-state index contributed by atoms with van der Waals surface area (Å²) in [5.41, 5.74) is 1.77. The molecule has 7 heteroatoms. The highest BCUT2D eigenvalue weighted by Gasteiger charge is 2.26. The van der Waals surface area contributed by atoms with Gasteiger partial charge in [0, 0.05) is 25.8 Å². The van der Waals surface area contributed by atoms with Gasteiger partial charge in [-0.25, -0.2) is 9.97 Å². The van der Waals surface area contributed by atoms with Crippen LogP contribution in [0.3, 0.4) is 0 Å². The summed E-state index contributed by atoms with van der Waals surface area (Å²) < 4.78 is 5.49. The lowest BCUT2D eigenvalue weighted by molar-refractivity contribution is 0.190. The van der Waals surface area contributed by atoms with Crippen molar-refractivity contribution in [2.75, 3.05) is 26.7 Å². The minimum Gasteiger partial charge on any atom is -0.334 e. The van der Waals surface area contributed by atoms with Gasteiger partial charge in [0.1, 0.15) is 5.82 Å². The second-order valence-corrected chi connectivity index (χ2v) is 6.03. The van der Waals surface area contributed by atoms with Crippen LogP contribution in [0.4, 0.5) is 0 Å². The van der Waals surface area contributed by atoms with Crippen LogP contribution in [0.2, 0.25) is 0 Å². The van der Waals surface area contributed by atoms with Gasteiger partial charge in [-0.05, 0) is 19.9 Å². The molecule has 3 rings (SSSR count). The predicted molar refractivity (Wildman–Crippen MR) is 82.4 cm³/mol. The molecule has 0 saturated carbocycles. The Kier molecular flexibility index (Phi) is 4.17. The first-order valence-electron chi connectivity index (χ1n) is 7.64. The maximum Gasteiger partial charge on any atom is 0.261 e. The maximum absolute atomic E-state index is 5.49. The largest absolute Gasteiger partial charge is 0.334 e. The molecule has 1 saturated heterocycles. The zero-order valence-corrected chi connectivity index (χ0v) is 13.5. The number of rotatable bonds is 3. The van der Waals surface area contributed by atoms with Gasteiger partial charge in [0.15, 0.2) is 5.82 Å². The lowest BCUT2D eigenvalue weighted by Gasteiger charge is -2.30. The summed E-state index contributed by atoms with van der Waals surface area (Å²) in [6, 6.07) is 0.139. The normalized spacial score (nSPS) is 19.8. The van der Waals surface area contributed by atoms with Crippen LogP contribution in [0.1, 0.15) is 43.1 Å². The van der Waals surface area contributed by atoms with Crippen molar-refractivity contribution in [2.45, 2.75) is 32.7 Å². The van der Waals surface area contributed by atoms with Gasteiger partial charge in [-0.15, -0.1) is 0 Å². The highest BCUT2D eigenvalue weighted by molar-refractivity contribution is 5.55. The van der Waals surface area contributed by atoms with E-state index in [2.05, 4.69) is 51.2 Å². The van der Waals surface area contributed by atoms with E-state index in [1.54, 1.807) is 6.20 Å². The van der Waals surface area contributed by atoms with Crippen molar-refractivity contribution >= 4 is 0 Å². The maximum atomic E-state index is 5.49. The molecule has 1 N–H and O–H groups in total. The Hall–Kier alpha value is -1.86. The molecule has 0 aromatic carbocycles. The Morgan fingerprint density at radius 3 is 2.91 bits per heavy atom. The van der Waals surface area contributed by atoms with E-state index >= 15 is 0 Å². The molecular weight excluding hydrogens is 280 g/mol. The number of likely N-dealkylation sites (N-methyl/N-ethyl adjacent to an activating group) is 1. The summed E-state index contributed by atoms with van der Waals surface area (Å²) in [5.74, 6) is 2.23. The van der Waals surface area contributed by atoms with Crippen molar-refractivity contribution in [3.63, 3.8) is 0 Å². The molecule has 2 aromatic heterocycles. The molecule has 0 amide bonds. The van der Waals surface area contributed by atoms with E-state index in [-0.39, 0.29) is 12.0 Å². The summed E-state index contributed by atoms with van der Waals surface area (Å²) in [6.07, 6.45) is 1.78. The number of nitrogens with zero attached hydrogens (tertiary/aromatic N) is 5. The Labute approximate surface area is 130 Å². The van der Waals surface area contributed by atoms with Crippen molar-refractivity contribution in [3.05, 3.63) is 23.5 Å². The molecule has 1 atom stereocenters. The van der Waals surface area contributed by atoms with Gasteiger partial charge in [0.2, 0.25) is 0 Å². The summed E-state index contributed by atoms with van der Waals surface area (Å²) >= 11 is 0. The smallest absolute Gasteiger partial charge is 0.261 e. The average molecular weight is 302 g/mol. The third-order valence-electron chi connectivity index (χ3n) is 3.97. The van der Waals surface area contributed by atoms with Crippen molar-refractivity contribution < 1.29 is 4.52 Å². The van der Waals surface area contributed by atoms with Gasteiger partial charge >= 0.3 is 0 Å². The highest BCUT2D eigenvalue weighted by atomic mass is 16.5. The molecule has 1 fully saturated rings. The molecule has 1 unspecified atom stereocenters. The van der Waals surface area contributed by atoms with Crippen LogP contribution in [-0.4, -0.2) is 51.7 Å². The van der Waals surface area contributed by atoms with E-state index in [0.717, 1.165) is 36.7 Å². The van der Waals surface area contributed by atoms with E-state index in [4.69, 9.17) is 4.52 Å². The van der Waals surface area contributed by atoms with Crippen LogP contribution >= 0.6 is 0 Å². The molecule has 118 valence electrons. The Morgan fingerprint density at radius 2 is 2.18 bits per heavy atom. The SMILES string of the molecule is Cc1ncc(-c2nc(C3CNCCN3C)no2)c(C(C)C)n1. The third-order valence-corrected chi connectivity index (χ3v) is 3.97. The fraction of sp³-hybridized carbons (Fsp3) is 0.600. The first-order chi connectivity index (χ1) is 10.6. The fourth-order valence-electron chi connectivity index (χ4n) is 2.67. The molecule has 0 radical (unpaired) electrons. The fourth-order valence-corrected chi connectivity index (χ4v) is 2.67. The van der Waals surface area contributed by atoms with Crippen LogP contribution in [0, 0.1) is 6.92 Å². The minimum absolute atomic E-state index is 0.139. The van der Waals surface area contributed by atoms with Gasteiger partial charge in [0.25, 0.3) is 5.89 Å². The summed E-state index contributed by atoms with van der Waals surface area (Å²) in [4.78, 5) is 15.6. The van der Waals surface area contributed by atoms with Crippen molar-refractivity contribution in [2.24, 2.45) is 0 Å². The van der Waals surface area contributed by atoms with Gasteiger partial charge in [-0.2, -0.15) is 4.98 Å². The van der Waals surface area contributed by atoms with Crippen molar-refractivity contribution in [1.82, 2.24) is 30.3 Å². The Morgan fingerprint density at radius 1 is 1.36 bits per heavy atom. The van der Waals surface area contributed by atoms with Gasteiger partial charge in [-0.3, -0.25) is 4.90 Å². The molecule has 3 heterocycles. The molecular formula is C15H22N6O. The van der Waals surface area contributed by atoms with E-state index in [0.29, 0.717) is 11.7 Å². The van der Waals surface area contributed by atoms with Crippen molar-refractivity contribution in [3.8, 4) is 11.5 Å². The first kappa shape index (κ1) is 15.1. The second kappa shape index (κ2) is 6.10. The molecule has 0 aliphatic carbocycles. The van der Waals surface area contributed by atoms with Gasteiger partial charge in [0.05, 0.1) is 17.3 Å². The molecule has 1 aliphatic heterocycles. The number of hydrogen-bond acceptors (Lipinski definition) is 7. The van der Waals surface area contributed by atoms with Crippen molar-refractivity contribution in [1.29, 1.82) is 0 Å². The summed E-state index contributed by atoms with van der Waals surface area (Å²) in [5, 5.41) is 7.53. The van der Waals surface area contributed by atoms with E-state index < -0.39 is 0 Å². The number of hydrogen-bond donors (Lipinski definition) is 1. The standard InChI is InChI=1S/C15H22N6O/c1-9(2)13-11(7-17-10(3)18-13)15-19-14(20-22-15)12-8-16-5-6-21(12)4/h7,9,12,16H,5-6,8H2,1-4H3. The number of piperazine rings is 1. The average Bonchev–Trinajstić information content (AvgIpc) is 2.97. The van der Waals surface area contributed by atoms with Crippen LogP contribution < -0.4 is 5.32 Å². The lowest BCUT2D eigenvalue weighted by atomic mass is 10.1. The van der Waals surface area contributed by atoms with E-state index in [1.165, 1.54) is 0 Å². The van der Waals surface area contributed by atoms with Crippen LogP contribution in [0.15, 0.2) is 10.7 Å². The molecule has 2 aromatic rings. The molecule has 7 nitrogen and oxygen atoms in total. The van der Waals surface area contributed by atoms with Crippen LogP contribution in [0.25, 0.3) is 11.5 Å². The molecule has 0 spiro atoms. The first-order valence-corrected chi connectivity index (χ1v) is 7.64. The van der Waals surface area contributed by atoms with Crippen LogP contribution in [0.5, 0.6) is 0 Å². The number of aromatic nitrogens is 4. The predicted octanol–water partition coefficient (Wildman–Crippen LogP) is 1.53. The number of nitrogens with one attached hydrogen (secondary N) is 1. The molecule has 22 heavy (non-hydrogen) atoms. The van der Waals surface area contributed by atoms with Gasteiger partial charge in [-0.1, -0.05) is 19.0 Å². The second-order valence-electron chi connectivity index (χ2n) is 6.03. The Balaban J connectivity index is 1.94. The molecule has 0 bridgehead atoms. The van der Waals surface area contributed by atoms with Gasteiger partial charge < -0.3 is 9.84 Å². The highest BCUT2D eigenvalue weighted by Crippen LogP contribution is 2.27. The van der Waals surface area contributed by atoms with E-state index in [1.807, 2.05) is 6.92 Å². The molecule has 1 aliphatic rings. The lowest BCUT2D eigenvalue weighted by Crippen LogP contribution is -2.44. The monoisotopic (exact) mass is 302 g/mol. The zero-order chi connectivity index (χ0) is 15.7. The Bertz CT molecular complexity index is 653. The topological polar surface area (TPSA) is 80.0 Å². The zero-order valence-electron chi connectivity index (χ0n) is 13.5. The summed E-state index contributed by atoms with van der Waals surface area (Å²) in [6.45, 7) is 8.87.